The van der Waals surface area contributed by atoms with Crippen molar-refractivity contribution >= 4 is 10.9 Å². The summed E-state index contributed by atoms with van der Waals surface area (Å²) in [5, 5.41) is 1.15. The van der Waals surface area contributed by atoms with Gasteiger partial charge in [-0.05, 0) is 35.9 Å². The van der Waals surface area contributed by atoms with E-state index in [2.05, 4.69) is 47.2 Å². The molecule has 0 fully saturated rings. The Morgan fingerprint density at radius 2 is 1.68 bits per heavy atom. The number of ether oxygens (including phenoxy) is 3. The first-order valence-electron chi connectivity index (χ1n) is 9.24. The molecule has 4 aromatic rings. The van der Waals surface area contributed by atoms with Crippen LogP contribution < -0.4 is 14.2 Å². The number of rotatable bonds is 7. The zero-order chi connectivity index (χ0) is 19.3. The van der Waals surface area contributed by atoms with Gasteiger partial charge in [0.2, 0.25) is 0 Å². The van der Waals surface area contributed by atoms with Crippen molar-refractivity contribution in [2.24, 2.45) is 0 Å². The summed E-state index contributed by atoms with van der Waals surface area (Å²) in [7, 11) is 3.33. The van der Waals surface area contributed by atoms with E-state index in [0.717, 1.165) is 39.3 Å². The van der Waals surface area contributed by atoms with Crippen LogP contribution in [0.2, 0.25) is 0 Å². The van der Waals surface area contributed by atoms with Crippen LogP contribution in [0.5, 0.6) is 17.2 Å². The molecule has 1 aromatic heterocycles. The van der Waals surface area contributed by atoms with Gasteiger partial charge in [0, 0.05) is 22.7 Å². The van der Waals surface area contributed by atoms with Gasteiger partial charge in [0.05, 0.1) is 20.8 Å². The van der Waals surface area contributed by atoms with Crippen molar-refractivity contribution in [3.8, 4) is 17.2 Å². The van der Waals surface area contributed by atoms with Gasteiger partial charge in [-0.15, -0.1) is 0 Å². The van der Waals surface area contributed by atoms with Crippen LogP contribution in [0.25, 0.3) is 10.9 Å². The molecule has 0 aliphatic carbocycles. The fourth-order valence-corrected chi connectivity index (χ4v) is 3.41. The van der Waals surface area contributed by atoms with Crippen LogP contribution in [0, 0.1) is 0 Å². The first kappa shape index (κ1) is 18.0. The smallest absolute Gasteiger partial charge is 0.165 e. The lowest BCUT2D eigenvalue weighted by Crippen LogP contribution is -2.02. The lowest BCUT2D eigenvalue weighted by molar-refractivity contribution is 0.306. The molecule has 28 heavy (non-hydrogen) atoms. The van der Waals surface area contributed by atoms with Crippen LogP contribution in [-0.4, -0.2) is 18.8 Å². The Hall–Kier alpha value is -3.40. The topological polar surface area (TPSA) is 32.6 Å². The van der Waals surface area contributed by atoms with Crippen LogP contribution >= 0.6 is 0 Å². The van der Waals surface area contributed by atoms with Crippen molar-refractivity contribution in [2.45, 2.75) is 13.2 Å². The Labute approximate surface area is 164 Å². The third-order valence-corrected chi connectivity index (χ3v) is 4.82. The predicted octanol–water partition coefficient (Wildman–Crippen LogP) is 5.29. The van der Waals surface area contributed by atoms with E-state index in [-0.39, 0.29) is 0 Å². The molecule has 0 atom stereocenters. The van der Waals surface area contributed by atoms with Crippen molar-refractivity contribution in [1.29, 1.82) is 0 Å². The van der Waals surface area contributed by atoms with E-state index in [1.165, 1.54) is 0 Å². The summed E-state index contributed by atoms with van der Waals surface area (Å²) in [4.78, 5) is 0. The van der Waals surface area contributed by atoms with Gasteiger partial charge in [0.25, 0.3) is 0 Å². The molecule has 4 rings (SSSR count). The van der Waals surface area contributed by atoms with E-state index in [4.69, 9.17) is 14.2 Å². The normalized spacial score (nSPS) is 10.8. The zero-order valence-corrected chi connectivity index (χ0v) is 16.1. The number of aromatic nitrogens is 1. The number of methoxy groups -OCH3 is 2. The number of hydrogen-bond donors (Lipinski definition) is 0. The quantitative estimate of drug-likeness (QED) is 0.441. The second-order valence-electron chi connectivity index (χ2n) is 6.59. The Balaban J connectivity index is 1.55. The number of fused-ring (bicyclic) bond motifs is 1. The molecular formula is C24H23NO3. The molecule has 0 amide bonds. The van der Waals surface area contributed by atoms with Gasteiger partial charge in [-0.25, -0.2) is 0 Å². The first-order chi connectivity index (χ1) is 13.8. The summed E-state index contributed by atoms with van der Waals surface area (Å²) in [6.07, 6.45) is 2.09. The van der Waals surface area contributed by atoms with E-state index in [1.54, 1.807) is 14.2 Å². The van der Waals surface area contributed by atoms with Gasteiger partial charge in [0.1, 0.15) is 12.4 Å². The summed E-state index contributed by atoms with van der Waals surface area (Å²) in [6, 6.07) is 24.4. The molecule has 0 radical (unpaired) electrons. The van der Waals surface area contributed by atoms with Crippen molar-refractivity contribution in [2.75, 3.05) is 14.2 Å². The maximum atomic E-state index is 5.95. The highest BCUT2D eigenvalue weighted by molar-refractivity contribution is 5.81. The molecule has 0 saturated carbocycles. The second kappa shape index (κ2) is 8.09. The fourth-order valence-electron chi connectivity index (χ4n) is 3.41. The Bertz CT molecular complexity index is 1070. The standard InChI is InChI=1S/C24H23NO3/c1-26-23-10-6-9-20(24(23)27-2)16-25-14-13-19-15-21(11-12-22(19)25)28-17-18-7-4-3-5-8-18/h3-15H,16-17H2,1-2H3. The second-order valence-corrected chi connectivity index (χ2v) is 6.59. The molecule has 4 heteroatoms. The molecule has 4 nitrogen and oxygen atoms in total. The highest BCUT2D eigenvalue weighted by Gasteiger charge is 2.11. The number of nitrogens with zero attached hydrogens (tertiary/aromatic N) is 1. The van der Waals surface area contributed by atoms with Crippen molar-refractivity contribution < 1.29 is 14.2 Å². The largest absolute Gasteiger partial charge is 0.493 e. The molecule has 0 aliphatic heterocycles. The van der Waals surface area contributed by atoms with E-state index in [1.807, 2.05) is 36.4 Å². The van der Waals surface area contributed by atoms with E-state index in [9.17, 15) is 0 Å². The summed E-state index contributed by atoms with van der Waals surface area (Å²) in [6.45, 7) is 1.27. The molecule has 3 aromatic carbocycles. The molecule has 142 valence electrons. The van der Waals surface area contributed by atoms with Gasteiger partial charge in [-0.1, -0.05) is 42.5 Å². The maximum absolute atomic E-state index is 5.95. The SMILES string of the molecule is COc1cccc(Cn2ccc3cc(OCc4ccccc4)ccc32)c1OC. The molecule has 0 unspecified atom stereocenters. The molecule has 0 bridgehead atoms. The van der Waals surface area contributed by atoms with Gasteiger partial charge < -0.3 is 18.8 Å². The van der Waals surface area contributed by atoms with Crippen LogP contribution in [-0.2, 0) is 13.2 Å². The molecule has 0 N–H and O–H groups in total. The number of benzene rings is 3. The van der Waals surface area contributed by atoms with E-state index >= 15 is 0 Å². The average molecular weight is 373 g/mol. The molecular weight excluding hydrogens is 350 g/mol. The first-order valence-corrected chi connectivity index (χ1v) is 9.24. The molecule has 0 spiro atoms. The predicted molar refractivity (Wildman–Crippen MR) is 111 cm³/mol. The van der Waals surface area contributed by atoms with Crippen LogP contribution in [0.3, 0.4) is 0 Å². The van der Waals surface area contributed by atoms with Crippen LogP contribution in [0.15, 0.2) is 79.0 Å². The van der Waals surface area contributed by atoms with Gasteiger partial charge >= 0.3 is 0 Å². The van der Waals surface area contributed by atoms with Gasteiger partial charge in [-0.3, -0.25) is 0 Å². The molecule has 0 saturated heterocycles. The monoisotopic (exact) mass is 373 g/mol. The maximum Gasteiger partial charge on any atom is 0.165 e. The highest BCUT2D eigenvalue weighted by atomic mass is 16.5. The fraction of sp³-hybridized carbons (Fsp3) is 0.167. The van der Waals surface area contributed by atoms with Gasteiger partial charge in [-0.2, -0.15) is 0 Å². The Kier molecular flexibility index (Phi) is 5.20. The number of para-hydroxylation sites is 1. The Morgan fingerprint density at radius 1 is 0.821 bits per heavy atom. The van der Waals surface area contributed by atoms with Crippen molar-refractivity contribution in [1.82, 2.24) is 4.57 Å². The van der Waals surface area contributed by atoms with E-state index in [0.29, 0.717) is 13.2 Å². The lowest BCUT2D eigenvalue weighted by Gasteiger charge is -2.14. The summed E-state index contributed by atoms with van der Waals surface area (Å²) < 4.78 is 19.1. The van der Waals surface area contributed by atoms with Crippen LogP contribution in [0.1, 0.15) is 11.1 Å². The van der Waals surface area contributed by atoms with Crippen molar-refractivity contribution in [3.63, 3.8) is 0 Å². The molecule has 0 aliphatic rings. The minimum absolute atomic E-state index is 0.564. The van der Waals surface area contributed by atoms with Crippen molar-refractivity contribution in [3.05, 3.63) is 90.1 Å². The van der Waals surface area contributed by atoms with E-state index < -0.39 is 0 Å². The lowest BCUT2D eigenvalue weighted by atomic mass is 10.1. The van der Waals surface area contributed by atoms with Gasteiger partial charge in [0.15, 0.2) is 11.5 Å². The summed E-state index contributed by atoms with van der Waals surface area (Å²) in [5.74, 6) is 2.38. The average Bonchev–Trinajstić information content (AvgIpc) is 3.14. The van der Waals surface area contributed by atoms with Crippen LogP contribution in [0.4, 0.5) is 0 Å². The summed E-state index contributed by atoms with van der Waals surface area (Å²) in [5.41, 5.74) is 3.38. The number of hydrogen-bond acceptors (Lipinski definition) is 3. The summed E-state index contributed by atoms with van der Waals surface area (Å²) >= 11 is 0. The third kappa shape index (κ3) is 3.67. The minimum atomic E-state index is 0.564. The Morgan fingerprint density at radius 3 is 2.46 bits per heavy atom. The zero-order valence-electron chi connectivity index (χ0n) is 16.1. The molecule has 1 heterocycles. The highest BCUT2D eigenvalue weighted by Crippen LogP contribution is 2.32. The third-order valence-electron chi connectivity index (χ3n) is 4.82. The minimum Gasteiger partial charge on any atom is -0.493 e.